The molecule has 1 atom stereocenters. The van der Waals surface area contributed by atoms with E-state index in [0.717, 1.165) is 12.1 Å². The number of hydrogen-bond acceptors (Lipinski definition) is 3. The summed E-state index contributed by atoms with van der Waals surface area (Å²) in [5.41, 5.74) is -1.57. The lowest BCUT2D eigenvalue weighted by atomic mass is 9.99. The third-order valence-electron chi connectivity index (χ3n) is 4.90. The molecule has 1 unspecified atom stereocenters. The van der Waals surface area contributed by atoms with Gasteiger partial charge in [0.15, 0.2) is 0 Å². The number of carboxylic acid groups (broad SMARTS) is 1. The monoisotopic (exact) mass is 381 g/mol. The second-order valence-corrected chi connectivity index (χ2v) is 6.78. The molecule has 0 spiro atoms. The van der Waals surface area contributed by atoms with Crippen molar-refractivity contribution in [3.63, 3.8) is 0 Å². The molecule has 0 bridgehead atoms. The number of nitrogens with zero attached hydrogens (tertiary/aromatic N) is 2. The van der Waals surface area contributed by atoms with Gasteiger partial charge in [-0.2, -0.15) is 13.2 Å². The van der Waals surface area contributed by atoms with Crippen LogP contribution < -0.4 is 0 Å². The Balaban J connectivity index is 1.96. The SMILES string of the molecule is Cc1[nH]c(-c2cccc(C(F)(F)F)c2)nc1C(=O)N1CCCC1(C)C(=O)O. The van der Waals surface area contributed by atoms with E-state index in [1.807, 2.05) is 0 Å². The average molecular weight is 381 g/mol. The second kappa shape index (κ2) is 6.40. The lowest BCUT2D eigenvalue weighted by Crippen LogP contribution is -2.51. The molecular weight excluding hydrogens is 363 g/mol. The highest BCUT2D eigenvalue weighted by molar-refractivity contribution is 5.98. The Bertz CT molecular complexity index is 907. The number of hydrogen-bond donors (Lipinski definition) is 2. The van der Waals surface area contributed by atoms with E-state index in [2.05, 4.69) is 9.97 Å². The maximum atomic E-state index is 12.9. The van der Waals surface area contributed by atoms with Crippen LogP contribution in [0.25, 0.3) is 11.4 Å². The summed E-state index contributed by atoms with van der Waals surface area (Å²) in [6, 6.07) is 4.62. The molecular formula is C18H18F3N3O3. The highest BCUT2D eigenvalue weighted by atomic mass is 19.4. The third-order valence-corrected chi connectivity index (χ3v) is 4.90. The molecule has 0 radical (unpaired) electrons. The molecule has 144 valence electrons. The van der Waals surface area contributed by atoms with Crippen molar-refractivity contribution in [3.8, 4) is 11.4 Å². The van der Waals surface area contributed by atoms with Gasteiger partial charge in [-0.05, 0) is 38.8 Å². The first kappa shape index (κ1) is 18.9. The number of carbonyl (C=O) groups is 2. The third kappa shape index (κ3) is 3.29. The molecule has 2 N–H and O–H groups in total. The number of carboxylic acids is 1. The first-order chi connectivity index (χ1) is 12.5. The number of carbonyl (C=O) groups excluding carboxylic acids is 1. The Kier molecular flexibility index (Phi) is 4.49. The maximum absolute atomic E-state index is 12.9. The molecule has 27 heavy (non-hydrogen) atoms. The van der Waals surface area contributed by atoms with Gasteiger partial charge in [0.25, 0.3) is 5.91 Å². The summed E-state index contributed by atoms with van der Waals surface area (Å²) in [5, 5.41) is 9.47. The summed E-state index contributed by atoms with van der Waals surface area (Å²) in [7, 11) is 0. The number of aromatic nitrogens is 2. The molecule has 2 aromatic rings. The number of rotatable bonds is 3. The molecule has 3 rings (SSSR count). The number of aliphatic carboxylic acids is 1. The standard InChI is InChI=1S/C18H18F3N3O3/c1-10-13(15(25)24-8-4-7-17(24,2)16(26)27)23-14(22-10)11-5-3-6-12(9-11)18(19,20)21/h3,5-6,9H,4,7-8H2,1-2H3,(H,22,23)(H,26,27). The number of alkyl halides is 3. The number of likely N-dealkylation sites (tertiary alicyclic amines) is 1. The van der Waals surface area contributed by atoms with Crippen LogP contribution in [0, 0.1) is 6.92 Å². The van der Waals surface area contributed by atoms with E-state index in [0.29, 0.717) is 18.5 Å². The van der Waals surface area contributed by atoms with Crippen molar-refractivity contribution in [2.75, 3.05) is 6.54 Å². The zero-order valence-electron chi connectivity index (χ0n) is 14.7. The van der Waals surface area contributed by atoms with Gasteiger partial charge in [-0.1, -0.05) is 12.1 Å². The van der Waals surface area contributed by atoms with Gasteiger partial charge in [-0.15, -0.1) is 0 Å². The van der Waals surface area contributed by atoms with Crippen LogP contribution in [0.2, 0.25) is 0 Å². The maximum Gasteiger partial charge on any atom is 0.416 e. The minimum Gasteiger partial charge on any atom is -0.480 e. The molecule has 1 amide bonds. The van der Waals surface area contributed by atoms with Crippen LogP contribution in [0.1, 0.15) is 41.5 Å². The van der Waals surface area contributed by atoms with Crippen molar-refractivity contribution in [2.24, 2.45) is 0 Å². The lowest BCUT2D eigenvalue weighted by Gasteiger charge is -2.30. The predicted octanol–water partition coefficient (Wildman–Crippen LogP) is 3.48. The summed E-state index contributed by atoms with van der Waals surface area (Å²) in [4.78, 5) is 32.7. The molecule has 1 fully saturated rings. The van der Waals surface area contributed by atoms with Crippen molar-refractivity contribution in [1.82, 2.24) is 14.9 Å². The van der Waals surface area contributed by atoms with E-state index >= 15 is 0 Å². The van der Waals surface area contributed by atoms with Gasteiger partial charge < -0.3 is 15.0 Å². The van der Waals surface area contributed by atoms with Gasteiger partial charge in [-0.25, -0.2) is 9.78 Å². The number of halogens is 3. The van der Waals surface area contributed by atoms with Gasteiger partial charge in [0.2, 0.25) is 0 Å². The molecule has 0 aliphatic carbocycles. The van der Waals surface area contributed by atoms with Crippen LogP contribution in [0.15, 0.2) is 24.3 Å². The Morgan fingerprint density at radius 3 is 2.67 bits per heavy atom. The Morgan fingerprint density at radius 2 is 2.04 bits per heavy atom. The first-order valence-electron chi connectivity index (χ1n) is 8.33. The first-order valence-corrected chi connectivity index (χ1v) is 8.33. The van der Waals surface area contributed by atoms with Gasteiger partial charge in [0.05, 0.1) is 5.56 Å². The zero-order valence-corrected chi connectivity index (χ0v) is 14.7. The highest BCUT2D eigenvalue weighted by Gasteiger charge is 2.46. The van der Waals surface area contributed by atoms with E-state index in [1.165, 1.54) is 24.0 Å². The number of H-pyrrole nitrogens is 1. The number of amides is 1. The summed E-state index contributed by atoms with van der Waals surface area (Å²) in [5.74, 6) is -1.53. The van der Waals surface area contributed by atoms with Crippen LogP contribution in [0.3, 0.4) is 0 Å². The molecule has 1 aromatic heterocycles. The highest BCUT2D eigenvalue weighted by Crippen LogP contribution is 2.33. The minimum absolute atomic E-state index is 0.0109. The average Bonchev–Trinajstić information content (AvgIpc) is 3.18. The number of imidazole rings is 1. The van der Waals surface area contributed by atoms with Crippen LogP contribution >= 0.6 is 0 Å². The fraction of sp³-hybridized carbons (Fsp3) is 0.389. The molecule has 1 saturated heterocycles. The van der Waals surface area contributed by atoms with Crippen LogP contribution in [-0.4, -0.2) is 43.9 Å². The molecule has 0 saturated carbocycles. The van der Waals surface area contributed by atoms with Gasteiger partial charge in [0, 0.05) is 17.8 Å². The molecule has 1 aliphatic rings. The minimum atomic E-state index is -4.49. The Morgan fingerprint density at radius 1 is 1.33 bits per heavy atom. The van der Waals surface area contributed by atoms with Gasteiger partial charge in [-0.3, -0.25) is 4.79 Å². The zero-order chi connectivity index (χ0) is 20.0. The summed E-state index contributed by atoms with van der Waals surface area (Å²) in [6.07, 6.45) is -3.61. The molecule has 9 heteroatoms. The summed E-state index contributed by atoms with van der Waals surface area (Å²) >= 11 is 0. The fourth-order valence-electron chi connectivity index (χ4n) is 3.29. The Labute approximate surface area is 153 Å². The molecule has 1 aromatic carbocycles. The molecule has 1 aliphatic heterocycles. The van der Waals surface area contributed by atoms with Crippen molar-refractivity contribution < 1.29 is 27.9 Å². The van der Waals surface area contributed by atoms with Crippen LogP contribution in [-0.2, 0) is 11.0 Å². The van der Waals surface area contributed by atoms with E-state index < -0.39 is 29.2 Å². The fourth-order valence-corrected chi connectivity index (χ4v) is 3.29. The normalized spacial score (nSPS) is 20.1. The predicted molar refractivity (Wildman–Crippen MR) is 90.1 cm³/mol. The van der Waals surface area contributed by atoms with Crippen molar-refractivity contribution in [3.05, 3.63) is 41.2 Å². The van der Waals surface area contributed by atoms with E-state index in [1.54, 1.807) is 6.92 Å². The van der Waals surface area contributed by atoms with E-state index in [-0.39, 0.29) is 23.6 Å². The Hall–Kier alpha value is -2.84. The van der Waals surface area contributed by atoms with Crippen molar-refractivity contribution in [1.29, 1.82) is 0 Å². The smallest absolute Gasteiger partial charge is 0.416 e. The number of benzene rings is 1. The number of nitrogens with one attached hydrogen (secondary N) is 1. The van der Waals surface area contributed by atoms with E-state index in [9.17, 15) is 27.9 Å². The van der Waals surface area contributed by atoms with Crippen LogP contribution in [0.4, 0.5) is 13.2 Å². The summed E-state index contributed by atoms with van der Waals surface area (Å²) in [6.45, 7) is 3.34. The second-order valence-electron chi connectivity index (χ2n) is 6.78. The van der Waals surface area contributed by atoms with Crippen LogP contribution in [0.5, 0.6) is 0 Å². The molecule has 6 nitrogen and oxygen atoms in total. The largest absolute Gasteiger partial charge is 0.480 e. The number of aromatic amines is 1. The lowest BCUT2D eigenvalue weighted by molar-refractivity contribution is -0.147. The van der Waals surface area contributed by atoms with E-state index in [4.69, 9.17) is 0 Å². The molecule has 2 heterocycles. The topological polar surface area (TPSA) is 86.3 Å². The summed E-state index contributed by atoms with van der Waals surface area (Å²) < 4.78 is 38.7. The van der Waals surface area contributed by atoms with Gasteiger partial charge in [0.1, 0.15) is 17.1 Å². The quantitative estimate of drug-likeness (QED) is 0.852. The van der Waals surface area contributed by atoms with Crippen molar-refractivity contribution in [2.45, 2.75) is 38.4 Å². The van der Waals surface area contributed by atoms with Gasteiger partial charge >= 0.3 is 12.1 Å². The number of aryl methyl sites for hydroxylation is 1. The van der Waals surface area contributed by atoms with Crippen molar-refractivity contribution >= 4 is 11.9 Å².